The molecule has 0 saturated carbocycles. The standard InChI is InChI=1S/C9H12ClNO2S/c1-13-4-5-14(12)9-6-7(11)2-3-8(9)10/h2-3,6H,4-5,11H2,1H3. The molecule has 5 heteroatoms. The van der Waals surface area contributed by atoms with E-state index in [9.17, 15) is 4.21 Å². The van der Waals surface area contributed by atoms with Crippen molar-refractivity contribution in [2.24, 2.45) is 0 Å². The average molecular weight is 234 g/mol. The molecule has 3 nitrogen and oxygen atoms in total. The molecule has 0 aliphatic carbocycles. The Morgan fingerprint density at radius 3 is 2.93 bits per heavy atom. The summed E-state index contributed by atoms with van der Waals surface area (Å²) in [5, 5.41) is 0.480. The first-order chi connectivity index (χ1) is 6.65. The first-order valence-corrected chi connectivity index (χ1v) is 5.77. The number of nitrogen functional groups attached to an aromatic ring is 1. The van der Waals surface area contributed by atoms with Gasteiger partial charge in [-0.3, -0.25) is 4.21 Å². The lowest BCUT2D eigenvalue weighted by atomic mass is 10.3. The molecule has 1 atom stereocenters. The largest absolute Gasteiger partial charge is 0.399 e. The predicted molar refractivity (Wildman–Crippen MR) is 59.0 cm³/mol. The number of methoxy groups -OCH3 is 1. The minimum absolute atomic E-state index is 0.430. The molecule has 0 aliphatic rings. The highest BCUT2D eigenvalue weighted by molar-refractivity contribution is 7.85. The smallest absolute Gasteiger partial charge is 0.0595 e. The first kappa shape index (κ1) is 11.5. The lowest BCUT2D eigenvalue weighted by Crippen LogP contribution is -2.05. The fraction of sp³-hybridized carbons (Fsp3) is 0.333. The molecule has 0 aliphatic heterocycles. The molecule has 1 aromatic rings. The van der Waals surface area contributed by atoms with Crippen LogP contribution in [-0.2, 0) is 15.5 Å². The fourth-order valence-corrected chi connectivity index (χ4v) is 2.43. The minimum Gasteiger partial charge on any atom is -0.399 e. The second-order valence-electron chi connectivity index (χ2n) is 2.73. The van der Waals surface area contributed by atoms with Crippen molar-refractivity contribution in [3.63, 3.8) is 0 Å². The van der Waals surface area contributed by atoms with Crippen molar-refractivity contribution in [3.8, 4) is 0 Å². The summed E-state index contributed by atoms with van der Waals surface area (Å²) in [7, 11) is 0.426. The van der Waals surface area contributed by atoms with Gasteiger partial charge >= 0.3 is 0 Å². The van der Waals surface area contributed by atoms with Crippen molar-refractivity contribution in [1.29, 1.82) is 0 Å². The van der Waals surface area contributed by atoms with Gasteiger partial charge in [0.2, 0.25) is 0 Å². The van der Waals surface area contributed by atoms with E-state index in [0.717, 1.165) is 0 Å². The van der Waals surface area contributed by atoms with Crippen LogP contribution in [0.5, 0.6) is 0 Å². The van der Waals surface area contributed by atoms with Crippen molar-refractivity contribution in [3.05, 3.63) is 23.2 Å². The molecule has 0 radical (unpaired) electrons. The molecule has 1 unspecified atom stereocenters. The quantitative estimate of drug-likeness (QED) is 0.805. The summed E-state index contributed by atoms with van der Waals surface area (Å²) in [5.41, 5.74) is 6.13. The van der Waals surface area contributed by atoms with Crippen molar-refractivity contribution in [2.75, 3.05) is 25.2 Å². The maximum atomic E-state index is 11.7. The average Bonchev–Trinajstić information content (AvgIpc) is 2.18. The molecule has 78 valence electrons. The van der Waals surface area contributed by atoms with E-state index in [0.29, 0.717) is 28.0 Å². The van der Waals surface area contributed by atoms with E-state index < -0.39 is 10.8 Å². The Kier molecular flexibility index (Phi) is 4.38. The Labute approximate surface area is 90.7 Å². The van der Waals surface area contributed by atoms with Crippen LogP contribution < -0.4 is 5.73 Å². The summed E-state index contributed by atoms with van der Waals surface area (Å²) >= 11 is 5.88. The van der Waals surface area contributed by atoms with Crippen LogP contribution in [0.25, 0.3) is 0 Å². The van der Waals surface area contributed by atoms with E-state index in [4.69, 9.17) is 22.1 Å². The normalized spacial score (nSPS) is 12.7. The maximum Gasteiger partial charge on any atom is 0.0595 e. The zero-order chi connectivity index (χ0) is 10.6. The number of rotatable bonds is 4. The van der Waals surface area contributed by atoms with E-state index in [-0.39, 0.29) is 0 Å². The zero-order valence-corrected chi connectivity index (χ0v) is 9.40. The van der Waals surface area contributed by atoms with Gasteiger partial charge in [-0.15, -0.1) is 0 Å². The second-order valence-corrected chi connectivity index (χ2v) is 4.68. The molecule has 0 aromatic heterocycles. The molecule has 2 N–H and O–H groups in total. The van der Waals surface area contributed by atoms with Crippen LogP contribution >= 0.6 is 11.6 Å². The monoisotopic (exact) mass is 233 g/mol. The van der Waals surface area contributed by atoms with Gasteiger partial charge in [-0.1, -0.05) is 11.6 Å². The van der Waals surface area contributed by atoms with Crippen LogP contribution in [0.4, 0.5) is 5.69 Å². The van der Waals surface area contributed by atoms with Crippen LogP contribution in [0.1, 0.15) is 0 Å². The number of hydrogen-bond acceptors (Lipinski definition) is 3. The Morgan fingerprint density at radius 1 is 1.57 bits per heavy atom. The summed E-state index contributed by atoms with van der Waals surface area (Å²) < 4.78 is 16.5. The SMILES string of the molecule is COCCS(=O)c1cc(N)ccc1Cl. The Morgan fingerprint density at radius 2 is 2.29 bits per heavy atom. The number of benzene rings is 1. The van der Waals surface area contributed by atoms with Gasteiger partial charge in [-0.25, -0.2) is 0 Å². The highest BCUT2D eigenvalue weighted by Crippen LogP contribution is 2.22. The molecule has 0 spiro atoms. The van der Waals surface area contributed by atoms with Crippen LogP contribution in [0.15, 0.2) is 23.1 Å². The van der Waals surface area contributed by atoms with E-state index in [1.54, 1.807) is 25.3 Å². The third-order valence-electron chi connectivity index (χ3n) is 1.67. The van der Waals surface area contributed by atoms with Crippen molar-refractivity contribution >= 4 is 28.1 Å². The van der Waals surface area contributed by atoms with Gasteiger partial charge in [0.05, 0.1) is 33.1 Å². The van der Waals surface area contributed by atoms with Gasteiger partial charge in [0.15, 0.2) is 0 Å². The number of halogens is 1. The number of anilines is 1. The van der Waals surface area contributed by atoms with E-state index in [1.165, 1.54) is 0 Å². The summed E-state index contributed by atoms with van der Waals surface area (Å²) in [6, 6.07) is 4.96. The minimum atomic E-state index is -1.14. The predicted octanol–water partition coefficient (Wildman–Crippen LogP) is 1.68. The van der Waals surface area contributed by atoms with E-state index >= 15 is 0 Å². The molecule has 0 heterocycles. The lowest BCUT2D eigenvalue weighted by molar-refractivity contribution is 0.218. The highest BCUT2D eigenvalue weighted by atomic mass is 35.5. The molecule has 14 heavy (non-hydrogen) atoms. The van der Waals surface area contributed by atoms with Gasteiger partial charge < -0.3 is 10.5 Å². The van der Waals surface area contributed by atoms with Crippen LogP contribution in [-0.4, -0.2) is 23.7 Å². The number of ether oxygens (including phenoxy) is 1. The zero-order valence-electron chi connectivity index (χ0n) is 7.83. The van der Waals surface area contributed by atoms with Crippen molar-refractivity contribution in [2.45, 2.75) is 4.90 Å². The van der Waals surface area contributed by atoms with E-state index in [1.807, 2.05) is 0 Å². The Bertz CT molecular complexity index is 344. The summed E-state index contributed by atoms with van der Waals surface area (Å²) in [6.45, 7) is 0.442. The van der Waals surface area contributed by atoms with Gasteiger partial charge in [0.1, 0.15) is 0 Å². The molecule has 0 amide bonds. The maximum absolute atomic E-state index is 11.7. The first-order valence-electron chi connectivity index (χ1n) is 4.07. The summed E-state index contributed by atoms with van der Waals surface area (Å²) in [4.78, 5) is 0.573. The van der Waals surface area contributed by atoms with Gasteiger partial charge in [0, 0.05) is 12.8 Å². The molecule has 0 bridgehead atoms. The topological polar surface area (TPSA) is 52.3 Å². The third-order valence-corrected chi connectivity index (χ3v) is 3.48. The molecular weight excluding hydrogens is 222 g/mol. The highest BCUT2D eigenvalue weighted by Gasteiger charge is 2.08. The molecule has 0 saturated heterocycles. The third kappa shape index (κ3) is 2.97. The second kappa shape index (κ2) is 5.34. The Hall–Kier alpha value is -0.580. The fourth-order valence-electron chi connectivity index (χ4n) is 0.963. The van der Waals surface area contributed by atoms with Crippen molar-refractivity contribution in [1.82, 2.24) is 0 Å². The van der Waals surface area contributed by atoms with Crippen molar-refractivity contribution < 1.29 is 8.95 Å². The van der Waals surface area contributed by atoms with Crippen LogP contribution in [0.2, 0.25) is 5.02 Å². The number of nitrogens with two attached hydrogens (primary N) is 1. The van der Waals surface area contributed by atoms with Crippen LogP contribution in [0.3, 0.4) is 0 Å². The summed E-state index contributed by atoms with van der Waals surface area (Å²) in [6.07, 6.45) is 0. The lowest BCUT2D eigenvalue weighted by Gasteiger charge is -2.04. The van der Waals surface area contributed by atoms with Gasteiger partial charge in [-0.05, 0) is 18.2 Å². The number of hydrogen-bond donors (Lipinski definition) is 1. The Balaban J connectivity index is 2.83. The summed E-state index contributed by atoms with van der Waals surface area (Å²) in [5.74, 6) is 0.430. The molecule has 1 rings (SSSR count). The van der Waals surface area contributed by atoms with Crippen LogP contribution in [0, 0.1) is 0 Å². The van der Waals surface area contributed by atoms with E-state index in [2.05, 4.69) is 0 Å². The molecular formula is C9H12ClNO2S. The van der Waals surface area contributed by atoms with Gasteiger partial charge in [0.25, 0.3) is 0 Å². The molecule has 1 aromatic carbocycles. The molecule has 0 fully saturated rings. The van der Waals surface area contributed by atoms with Gasteiger partial charge in [-0.2, -0.15) is 0 Å².